The predicted molar refractivity (Wildman–Crippen MR) is 117 cm³/mol. The Bertz CT molecular complexity index is 1070. The van der Waals surface area contributed by atoms with Gasteiger partial charge >= 0.3 is 0 Å². The molecule has 5 nitrogen and oxygen atoms in total. The summed E-state index contributed by atoms with van der Waals surface area (Å²) in [5, 5.41) is 5.27. The van der Waals surface area contributed by atoms with Gasteiger partial charge in [-0.05, 0) is 66.2 Å². The number of methoxy groups -OCH3 is 1. The number of anilines is 2. The van der Waals surface area contributed by atoms with Crippen molar-refractivity contribution in [3.8, 4) is 5.75 Å². The Morgan fingerprint density at radius 1 is 1.17 bits per heavy atom. The van der Waals surface area contributed by atoms with E-state index in [1.54, 1.807) is 18.2 Å². The van der Waals surface area contributed by atoms with Crippen molar-refractivity contribution >= 4 is 46.1 Å². The van der Waals surface area contributed by atoms with Crippen LogP contribution in [0, 0.1) is 0 Å². The maximum Gasteiger partial charge on any atom is 0.268 e. The summed E-state index contributed by atoms with van der Waals surface area (Å²) in [6, 6.07) is 14.3. The zero-order valence-corrected chi connectivity index (χ0v) is 17.3. The third-order valence-electron chi connectivity index (χ3n) is 4.84. The first-order valence-corrected chi connectivity index (χ1v) is 10.5. The van der Waals surface area contributed by atoms with Crippen LogP contribution in [-0.4, -0.2) is 25.5 Å². The number of thiophene rings is 1. The number of ether oxygens (including phenoxy) is 1. The molecule has 148 valence electrons. The van der Waals surface area contributed by atoms with E-state index in [0.29, 0.717) is 28.6 Å². The lowest BCUT2D eigenvalue weighted by atomic mass is 10.0. The average molecular weight is 427 g/mol. The molecule has 29 heavy (non-hydrogen) atoms. The number of benzene rings is 2. The van der Waals surface area contributed by atoms with Crippen molar-refractivity contribution in [2.24, 2.45) is 0 Å². The maximum atomic E-state index is 12.8. The standard InChI is InChI=1S/C22H19ClN2O3S/c1-28-19-9-6-15(23)13-17(19)21(26)24-16-7-8-18-14(12-16)4-2-10-25(18)22(27)20-5-3-11-29-20/h3,5-9,11-13H,2,4,10H2,1H3,(H,24,26). The Morgan fingerprint density at radius 3 is 2.79 bits per heavy atom. The molecule has 0 saturated carbocycles. The summed E-state index contributed by atoms with van der Waals surface area (Å²) in [6.45, 7) is 0.690. The fourth-order valence-electron chi connectivity index (χ4n) is 3.48. The van der Waals surface area contributed by atoms with Crippen LogP contribution in [0.15, 0.2) is 53.9 Å². The molecule has 7 heteroatoms. The number of amides is 2. The number of carbonyl (C=O) groups is 2. The van der Waals surface area contributed by atoms with Gasteiger partial charge in [-0.3, -0.25) is 9.59 Å². The highest BCUT2D eigenvalue weighted by atomic mass is 35.5. The molecule has 2 amide bonds. The number of aryl methyl sites for hydroxylation is 1. The third-order valence-corrected chi connectivity index (χ3v) is 5.93. The van der Waals surface area contributed by atoms with E-state index in [9.17, 15) is 9.59 Å². The van der Waals surface area contributed by atoms with E-state index in [0.717, 1.165) is 29.0 Å². The monoisotopic (exact) mass is 426 g/mol. The van der Waals surface area contributed by atoms with Crippen LogP contribution in [0.5, 0.6) is 5.75 Å². The van der Waals surface area contributed by atoms with Crippen LogP contribution in [0.1, 0.15) is 32.0 Å². The van der Waals surface area contributed by atoms with Gasteiger partial charge in [0.05, 0.1) is 17.6 Å². The molecule has 2 aromatic carbocycles. The lowest BCUT2D eigenvalue weighted by Crippen LogP contribution is -2.35. The Labute approximate surface area is 177 Å². The predicted octanol–water partition coefficient (Wildman–Crippen LogP) is 5.26. The van der Waals surface area contributed by atoms with E-state index in [1.807, 2.05) is 40.6 Å². The van der Waals surface area contributed by atoms with Crippen LogP contribution in [0.2, 0.25) is 5.02 Å². The lowest BCUT2D eigenvalue weighted by molar-refractivity contribution is 0.0986. The highest BCUT2D eigenvalue weighted by molar-refractivity contribution is 7.12. The lowest BCUT2D eigenvalue weighted by Gasteiger charge is -2.29. The zero-order valence-electron chi connectivity index (χ0n) is 15.8. The van der Waals surface area contributed by atoms with E-state index >= 15 is 0 Å². The van der Waals surface area contributed by atoms with Crippen molar-refractivity contribution in [1.29, 1.82) is 0 Å². The first-order chi connectivity index (χ1) is 14.1. The molecule has 0 unspecified atom stereocenters. The van der Waals surface area contributed by atoms with E-state index in [1.165, 1.54) is 18.4 Å². The van der Waals surface area contributed by atoms with Gasteiger partial charge in [0, 0.05) is 22.9 Å². The number of hydrogen-bond donors (Lipinski definition) is 1. The molecular formula is C22H19ClN2O3S. The second-order valence-electron chi connectivity index (χ2n) is 6.68. The minimum absolute atomic E-state index is 0.0152. The normalized spacial score (nSPS) is 13.0. The molecule has 1 aliphatic heterocycles. The van der Waals surface area contributed by atoms with Crippen LogP contribution in [0.4, 0.5) is 11.4 Å². The zero-order chi connectivity index (χ0) is 20.4. The number of nitrogens with one attached hydrogen (secondary N) is 1. The Morgan fingerprint density at radius 2 is 2.03 bits per heavy atom. The molecule has 1 N–H and O–H groups in total. The van der Waals surface area contributed by atoms with E-state index < -0.39 is 0 Å². The van der Waals surface area contributed by atoms with Gasteiger partial charge in [0.15, 0.2) is 0 Å². The molecule has 0 fully saturated rings. The second-order valence-corrected chi connectivity index (χ2v) is 8.06. The number of halogens is 1. The molecule has 1 aromatic heterocycles. The Hall–Kier alpha value is -2.83. The fourth-order valence-corrected chi connectivity index (χ4v) is 4.32. The van der Waals surface area contributed by atoms with E-state index in [4.69, 9.17) is 16.3 Å². The smallest absolute Gasteiger partial charge is 0.268 e. The minimum atomic E-state index is -0.299. The minimum Gasteiger partial charge on any atom is -0.496 e. The third kappa shape index (κ3) is 3.99. The van der Waals surface area contributed by atoms with Crippen LogP contribution >= 0.6 is 22.9 Å². The summed E-state index contributed by atoms with van der Waals surface area (Å²) in [5.74, 6) is 0.172. The molecule has 0 aliphatic carbocycles. The van der Waals surface area contributed by atoms with Gasteiger partial charge in [0.1, 0.15) is 5.75 Å². The summed E-state index contributed by atoms with van der Waals surface area (Å²) in [5.41, 5.74) is 2.97. The molecule has 1 aliphatic rings. The van der Waals surface area contributed by atoms with Crippen molar-refractivity contribution in [3.05, 3.63) is 74.9 Å². The van der Waals surface area contributed by atoms with Crippen LogP contribution in [-0.2, 0) is 6.42 Å². The molecule has 0 spiro atoms. The quantitative estimate of drug-likeness (QED) is 0.619. The number of nitrogens with zero attached hydrogens (tertiary/aromatic N) is 1. The highest BCUT2D eigenvalue weighted by Gasteiger charge is 2.24. The van der Waals surface area contributed by atoms with Crippen molar-refractivity contribution in [2.45, 2.75) is 12.8 Å². The van der Waals surface area contributed by atoms with Crippen LogP contribution in [0.25, 0.3) is 0 Å². The highest BCUT2D eigenvalue weighted by Crippen LogP contribution is 2.32. The molecule has 0 saturated heterocycles. The largest absolute Gasteiger partial charge is 0.496 e. The molecule has 2 heterocycles. The van der Waals surface area contributed by atoms with Crippen molar-refractivity contribution < 1.29 is 14.3 Å². The topological polar surface area (TPSA) is 58.6 Å². The van der Waals surface area contributed by atoms with Gasteiger partial charge in [-0.15, -0.1) is 11.3 Å². The number of rotatable bonds is 4. The molecule has 0 radical (unpaired) electrons. The van der Waals surface area contributed by atoms with Crippen molar-refractivity contribution in [3.63, 3.8) is 0 Å². The summed E-state index contributed by atoms with van der Waals surface area (Å²) < 4.78 is 5.26. The number of carbonyl (C=O) groups excluding carboxylic acids is 2. The SMILES string of the molecule is COc1ccc(Cl)cc1C(=O)Nc1ccc2c(c1)CCCN2C(=O)c1cccs1. The molecule has 4 rings (SSSR count). The molecule has 0 atom stereocenters. The molecular weight excluding hydrogens is 408 g/mol. The average Bonchev–Trinajstić information content (AvgIpc) is 3.27. The Kier molecular flexibility index (Phi) is 5.56. The number of fused-ring (bicyclic) bond motifs is 1. The Balaban J connectivity index is 1.58. The second kappa shape index (κ2) is 8.27. The van der Waals surface area contributed by atoms with Gasteiger partial charge in [-0.25, -0.2) is 0 Å². The van der Waals surface area contributed by atoms with Crippen LogP contribution < -0.4 is 15.0 Å². The van der Waals surface area contributed by atoms with E-state index in [-0.39, 0.29) is 11.8 Å². The van der Waals surface area contributed by atoms with Crippen molar-refractivity contribution in [1.82, 2.24) is 0 Å². The summed E-state index contributed by atoms with van der Waals surface area (Å²) >= 11 is 7.47. The summed E-state index contributed by atoms with van der Waals surface area (Å²) in [4.78, 5) is 28.1. The molecule has 3 aromatic rings. The summed E-state index contributed by atoms with van der Waals surface area (Å²) in [6.07, 6.45) is 1.73. The van der Waals surface area contributed by atoms with Crippen molar-refractivity contribution in [2.75, 3.05) is 23.9 Å². The van der Waals surface area contributed by atoms with Gasteiger partial charge < -0.3 is 15.0 Å². The number of hydrogen-bond acceptors (Lipinski definition) is 4. The van der Waals surface area contributed by atoms with Gasteiger partial charge in [0.25, 0.3) is 11.8 Å². The van der Waals surface area contributed by atoms with Crippen LogP contribution in [0.3, 0.4) is 0 Å². The first-order valence-electron chi connectivity index (χ1n) is 9.20. The summed E-state index contributed by atoms with van der Waals surface area (Å²) in [7, 11) is 1.51. The van der Waals surface area contributed by atoms with Gasteiger partial charge in [-0.2, -0.15) is 0 Å². The first kappa shape index (κ1) is 19.5. The fraction of sp³-hybridized carbons (Fsp3) is 0.182. The van der Waals surface area contributed by atoms with E-state index in [2.05, 4.69) is 5.32 Å². The van der Waals surface area contributed by atoms with Gasteiger partial charge in [0.2, 0.25) is 0 Å². The molecule has 0 bridgehead atoms. The maximum absolute atomic E-state index is 12.8. The van der Waals surface area contributed by atoms with Gasteiger partial charge in [-0.1, -0.05) is 17.7 Å².